The molecule has 0 spiro atoms. The Morgan fingerprint density at radius 1 is 1.50 bits per heavy atom. The van der Waals surface area contributed by atoms with Crippen LogP contribution >= 0.6 is 11.8 Å². The molecule has 0 aromatic carbocycles. The number of Topliss-reactive ketones (excluding diaryl/α,β-unsaturated/α-hetero) is 1. The van der Waals surface area contributed by atoms with Gasteiger partial charge in [-0.25, -0.2) is 0 Å². The largest absolute Gasteiger partial charge is 0.305 e. The summed E-state index contributed by atoms with van der Waals surface area (Å²) < 4.78 is 0. The third-order valence-electron chi connectivity index (χ3n) is 3.60. The minimum Gasteiger partial charge on any atom is -0.305 e. The Bertz CT molecular complexity index is 240. The molecule has 0 N–H and O–H groups in total. The van der Waals surface area contributed by atoms with Gasteiger partial charge in [-0.2, -0.15) is 11.8 Å². The standard InChI is InChI=1S/C13H25NOS/c1-13(2)7-5-6-11(12(13)15)10-14(3)8-9-16-4/h11H,5-10H2,1-4H3. The fourth-order valence-electron chi connectivity index (χ4n) is 2.49. The second kappa shape index (κ2) is 6.06. The van der Waals surface area contributed by atoms with Crippen molar-refractivity contribution in [2.24, 2.45) is 11.3 Å². The summed E-state index contributed by atoms with van der Waals surface area (Å²) in [6.45, 7) is 6.24. The van der Waals surface area contributed by atoms with Gasteiger partial charge in [0.25, 0.3) is 0 Å². The smallest absolute Gasteiger partial charge is 0.142 e. The van der Waals surface area contributed by atoms with Crippen LogP contribution in [-0.4, -0.2) is 42.8 Å². The van der Waals surface area contributed by atoms with E-state index in [-0.39, 0.29) is 11.3 Å². The van der Waals surface area contributed by atoms with Crippen molar-refractivity contribution in [1.82, 2.24) is 4.90 Å². The van der Waals surface area contributed by atoms with Crippen LogP contribution < -0.4 is 0 Å². The van der Waals surface area contributed by atoms with Crippen LogP contribution in [0.5, 0.6) is 0 Å². The van der Waals surface area contributed by atoms with Crippen LogP contribution in [0.3, 0.4) is 0 Å². The van der Waals surface area contributed by atoms with Gasteiger partial charge >= 0.3 is 0 Å². The lowest BCUT2D eigenvalue weighted by atomic mass is 9.71. The fraction of sp³-hybridized carbons (Fsp3) is 0.923. The van der Waals surface area contributed by atoms with Gasteiger partial charge in [0.2, 0.25) is 0 Å². The number of rotatable bonds is 5. The molecule has 2 nitrogen and oxygen atoms in total. The van der Waals surface area contributed by atoms with Crippen molar-refractivity contribution in [2.75, 3.05) is 32.1 Å². The van der Waals surface area contributed by atoms with Gasteiger partial charge in [-0.3, -0.25) is 4.79 Å². The van der Waals surface area contributed by atoms with Crippen molar-refractivity contribution >= 4 is 17.5 Å². The molecule has 1 aliphatic rings. The van der Waals surface area contributed by atoms with E-state index in [1.807, 2.05) is 11.8 Å². The van der Waals surface area contributed by atoms with E-state index in [0.29, 0.717) is 5.78 Å². The average Bonchev–Trinajstić information content (AvgIpc) is 2.22. The van der Waals surface area contributed by atoms with Gasteiger partial charge in [-0.1, -0.05) is 20.3 Å². The first-order valence-corrected chi connectivity index (χ1v) is 7.58. The summed E-state index contributed by atoms with van der Waals surface area (Å²) in [5.74, 6) is 1.91. The fourth-order valence-corrected chi connectivity index (χ4v) is 2.98. The number of carbonyl (C=O) groups excluding carboxylic acids is 1. The van der Waals surface area contributed by atoms with Gasteiger partial charge < -0.3 is 4.90 Å². The van der Waals surface area contributed by atoms with Gasteiger partial charge in [0.1, 0.15) is 5.78 Å². The highest BCUT2D eigenvalue weighted by Crippen LogP contribution is 2.35. The van der Waals surface area contributed by atoms with Crippen molar-refractivity contribution in [1.29, 1.82) is 0 Å². The number of carbonyl (C=O) groups is 1. The molecule has 1 rings (SSSR count). The van der Waals surface area contributed by atoms with E-state index in [0.717, 1.165) is 31.7 Å². The first kappa shape index (κ1) is 14.0. The molecule has 0 heterocycles. The molecule has 16 heavy (non-hydrogen) atoms. The predicted molar refractivity (Wildman–Crippen MR) is 72.0 cm³/mol. The molecule has 0 bridgehead atoms. The van der Waals surface area contributed by atoms with Gasteiger partial charge in [0, 0.05) is 30.2 Å². The molecule has 0 aromatic heterocycles. The first-order valence-electron chi connectivity index (χ1n) is 6.19. The minimum atomic E-state index is -0.0801. The molecule has 0 amide bonds. The monoisotopic (exact) mass is 243 g/mol. The predicted octanol–water partition coefficient (Wildman–Crippen LogP) is 2.68. The maximum absolute atomic E-state index is 12.2. The summed E-state index contributed by atoms with van der Waals surface area (Å²) >= 11 is 1.87. The van der Waals surface area contributed by atoms with E-state index in [2.05, 4.69) is 32.1 Å². The third kappa shape index (κ3) is 3.77. The van der Waals surface area contributed by atoms with Gasteiger partial charge in [-0.15, -0.1) is 0 Å². The van der Waals surface area contributed by atoms with Gasteiger partial charge in [-0.05, 0) is 26.1 Å². The zero-order valence-corrected chi connectivity index (χ0v) is 11.9. The number of nitrogens with zero attached hydrogens (tertiary/aromatic N) is 1. The van der Waals surface area contributed by atoms with E-state index in [4.69, 9.17) is 0 Å². The molecule has 1 fully saturated rings. The summed E-state index contributed by atoms with van der Waals surface area (Å²) in [7, 11) is 2.13. The molecule has 1 aliphatic carbocycles. The van der Waals surface area contributed by atoms with Crippen molar-refractivity contribution in [2.45, 2.75) is 33.1 Å². The topological polar surface area (TPSA) is 20.3 Å². The second-order valence-corrected chi connectivity index (χ2v) is 6.58. The van der Waals surface area contributed by atoms with Crippen LogP contribution in [0.2, 0.25) is 0 Å². The molecular formula is C13H25NOS. The Morgan fingerprint density at radius 3 is 2.81 bits per heavy atom. The number of thioether (sulfide) groups is 1. The summed E-state index contributed by atoms with van der Waals surface area (Å²) in [5, 5.41) is 0. The second-order valence-electron chi connectivity index (χ2n) is 5.59. The van der Waals surface area contributed by atoms with E-state index in [9.17, 15) is 4.79 Å². The summed E-state index contributed by atoms with van der Waals surface area (Å²) in [5.41, 5.74) is -0.0801. The quantitative estimate of drug-likeness (QED) is 0.740. The van der Waals surface area contributed by atoms with Crippen molar-refractivity contribution in [3.8, 4) is 0 Å². The molecule has 0 radical (unpaired) electrons. The SMILES string of the molecule is CSCCN(C)CC1CCCC(C)(C)C1=O. The van der Waals surface area contributed by atoms with Crippen LogP contribution in [0.1, 0.15) is 33.1 Å². The molecule has 0 aliphatic heterocycles. The minimum absolute atomic E-state index is 0.0801. The van der Waals surface area contributed by atoms with Crippen LogP contribution in [0.15, 0.2) is 0 Å². The highest BCUT2D eigenvalue weighted by molar-refractivity contribution is 7.98. The third-order valence-corrected chi connectivity index (χ3v) is 4.19. The summed E-state index contributed by atoms with van der Waals surface area (Å²) in [6, 6.07) is 0. The first-order chi connectivity index (χ1) is 7.47. The maximum atomic E-state index is 12.2. The van der Waals surface area contributed by atoms with Crippen molar-refractivity contribution in [3.05, 3.63) is 0 Å². The molecule has 1 unspecified atom stereocenters. The lowest BCUT2D eigenvalue weighted by molar-refractivity contribution is -0.134. The van der Waals surface area contributed by atoms with E-state index in [1.54, 1.807) is 0 Å². The summed E-state index contributed by atoms with van der Waals surface area (Å²) in [4.78, 5) is 14.5. The Labute approximate surface area is 104 Å². The molecule has 0 saturated heterocycles. The van der Waals surface area contributed by atoms with Crippen LogP contribution in [0.25, 0.3) is 0 Å². The Kier molecular flexibility index (Phi) is 5.32. The maximum Gasteiger partial charge on any atom is 0.142 e. The average molecular weight is 243 g/mol. The molecule has 1 atom stereocenters. The Balaban J connectivity index is 2.44. The van der Waals surface area contributed by atoms with Crippen molar-refractivity contribution in [3.63, 3.8) is 0 Å². The van der Waals surface area contributed by atoms with E-state index >= 15 is 0 Å². The zero-order chi connectivity index (χ0) is 12.2. The van der Waals surface area contributed by atoms with Crippen LogP contribution in [0, 0.1) is 11.3 Å². The molecule has 3 heteroatoms. The van der Waals surface area contributed by atoms with Gasteiger partial charge in [0.15, 0.2) is 0 Å². The molecular weight excluding hydrogens is 218 g/mol. The van der Waals surface area contributed by atoms with Crippen molar-refractivity contribution < 1.29 is 4.79 Å². The zero-order valence-electron chi connectivity index (χ0n) is 11.1. The highest BCUT2D eigenvalue weighted by Gasteiger charge is 2.37. The Hall–Kier alpha value is -0.0200. The lowest BCUT2D eigenvalue weighted by Crippen LogP contribution is -2.41. The molecule has 0 aromatic rings. The number of hydrogen-bond donors (Lipinski definition) is 0. The van der Waals surface area contributed by atoms with Gasteiger partial charge in [0.05, 0.1) is 0 Å². The van der Waals surface area contributed by atoms with Crippen LogP contribution in [-0.2, 0) is 4.79 Å². The molecule has 1 saturated carbocycles. The van der Waals surface area contributed by atoms with E-state index < -0.39 is 0 Å². The van der Waals surface area contributed by atoms with Crippen LogP contribution in [0.4, 0.5) is 0 Å². The van der Waals surface area contributed by atoms with E-state index in [1.165, 1.54) is 6.42 Å². The highest BCUT2D eigenvalue weighted by atomic mass is 32.2. The number of hydrogen-bond acceptors (Lipinski definition) is 3. The Morgan fingerprint density at radius 2 is 2.19 bits per heavy atom. The normalized spacial score (nSPS) is 25.1. The lowest BCUT2D eigenvalue weighted by Gasteiger charge is -2.35. The number of ketones is 1. The summed E-state index contributed by atoms with van der Waals surface area (Å²) in [6.07, 6.45) is 5.49. The molecule has 94 valence electrons.